The highest BCUT2D eigenvalue weighted by molar-refractivity contribution is 5.86. The van der Waals surface area contributed by atoms with Crippen LogP contribution < -0.4 is 10.1 Å². The Labute approximate surface area is 106 Å². The molecule has 4 heteroatoms. The van der Waals surface area contributed by atoms with Crippen molar-refractivity contribution < 1.29 is 14.6 Å². The minimum atomic E-state index is -0.845. The van der Waals surface area contributed by atoms with Gasteiger partial charge in [-0.25, -0.2) is 4.79 Å². The van der Waals surface area contributed by atoms with Crippen LogP contribution in [0, 0.1) is 0 Å². The minimum absolute atomic E-state index is 0.143. The third kappa shape index (κ3) is 2.71. The van der Waals surface area contributed by atoms with Crippen LogP contribution in [-0.4, -0.2) is 24.2 Å². The highest BCUT2D eigenvalue weighted by atomic mass is 16.5. The third-order valence-electron chi connectivity index (χ3n) is 3.07. The Kier molecular flexibility index (Phi) is 3.99. The van der Waals surface area contributed by atoms with Crippen molar-refractivity contribution in [3.05, 3.63) is 41.5 Å². The summed E-state index contributed by atoms with van der Waals surface area (Å²) in [5, 5.41) is 12.2. The third-order valence-corrected chi connectivity index (χ3v) is 3.07. The van der Waals surface area contributed by atoms with Crippen molar-refractivity contribution in [2.45, 2.75) is 19.4 Å². The van der Waals surface area contributed by atoms with Gasteiger partial charge in [-0.1, -0.05) is 31.2 Å². The zero-order valence-electron chi connectivity index (χ0n) is 10.3. The second-order valence-corrected chi connectivity index (χ2v) is 4.20. The van der Waals surface area contributed by atoms with Crippen LogP contribution in [0.5, 0.6) is 5.75 Å². The predicted molar refractivity (Wildman–Crippen MR) is 68.7 cm³/mol. The first-order valence-electron chi connectivity index (χ1n) is 6.09. The summed E-state index contributed by atoms with van der Waals surface area (Å²) >= 11 is 0. The lowest BCUT2D eigenvalue weighted by molar-refractivity contribution is -0.132. The SMILES string of the molecule is CC/C(=C/CNC1COc2ccccc21)C(=O)O. The number of para-hydroxylation sites is 1. The highest BCUT2D eigenvalue weighted by Crippen LogP contribution is 2.31. The number of aliphatic carboxylic acids is 1. The summed E-state index contributed by atoms with van der Waals surface area (Å²) in [5.74, 6) is 0.0651. The molecule has 2 rings (SSSR count). The van der Waals surface area contributed by atoms with Crippen LogP contribution in [0.4, 0.5) is 0 Å². The van der Waals surface area contributed by atoms with Crippen LogP contribution in [0.15, 0.2) is 35.9 Å². The average Bonchev–Trinajstić information content (AvgIpc) is 2.78. The number of hydrogen-bond donors (Lipinski definition) is 2. The maximum Gasteiger partial charge on any atom is 0.331 e. The lowest BCUT2D eigenvalue weighted by Gasteiger charge is -2.09. The van der Waals surface area contributed by atoms with Crippen molar-refractivity contribution in [2.24, 2.45) is 0 Å². The number of hydrogen-bond acceptors (Lipinski definition) is 3. The zero-order chi connectivity index (χ0) is 13.0. The molecule has 0 spiro atoms. The van der Waals surface area contributed by atoms with E-state index in [0.717, 1.165) is 11.3 Å². The monoisotopic (exact) mass is 247 g/mol. The summed E-state index contributed by atoms with van der Waals surface area (Å²) in [5.41, 5.74) is 1.58. The van der Waals surface area contributed by atoms with Crippen molar-refractivity contribution >= 4 is 5.97 Å². The van der Waals surface area contributed by atoms with Crippen LogP contribution in [0.25, 0.3) is 0 Å². The summed E-state index contributed by atoms with van der Waals surface area (Å²) < 4.78 is 5.54. The molecule has 0 bridgehead atoms. The van der Waals surface area contributed by atoms with Gasteiger partial charge in [0.15, 0.2) is 0 Å². The van der Waals surface area contributed by atoms with Crippen LogP contribution in [0.2, 0.25) is 0 Å². The molecule has 0 amide bonds. The number of rotatable bonds is 5. The van der Waals surface area contributed by atoms with Crippen LogP contribution in [0.1, 0.15) is 24.9 Å². The van der Waals surface area contributed by atoms with Gasteiger partial charge < -0.3 is 15.2 Å². The van der Waals surface area contributed by atoms with Crippen molar-refractivity contribution in [1.82, 2.24) is 5.32 Å². The maximum atomic E-state index is 10.8. The Morgan fingerprint density at radius 2 is 2.33 bits per heavy atom. The molecule has 1 unspecified atom stereocenters. The fraction of sp³-hybridized carbons (Fsp3) is 0.357. The molecule has 0 saturated heterocycles. The van der Waals surface area contributed by atoms with Crippen LogP contribution in [0.3, 0.4) is 0 Å². The minimum Gasteiger partial charge on any atom is -0.491 e. The largest absolute Gasteiger partial charge is 0.491 e. The van der Waals surface area contributed by atoms with Crippen molar-refractivity contribution in [3.63, 3.8) is 0 Å². The lowest BCUT2D eigenvalue weighted by Crippen LogP contribution is -2.23. The molecular formula is C14H17NO3. The first kappa shape index (κ1) is 12.6. The van der Waals surface area contributed by atoms with E-state index in [-0.39, 0.29) is 6.04 Å². The number of benzene rings is 1. The first-order valence-corrected chi connectivity index (χ1v) is 6.09. The Balaban J connectivity index is 1.95. The predicted octanol–water partition coefficient (Wildman–Crippen LogP) is 2.13. The second kappa shape index (κ2) is 5.69. The molecule has 18 heavy (non-hydrogen) atoms. The van der Waals surface area contributed by atoms with E-state index < -0.39 is 5.97 Å². The molecule has 0 fully saturated rings. The quantitative estimate of drug-likeness (QED) is 0.783. The summed E-state index contributed by atoms with van der Waals surface area (Å²) in [4.78, 5) is 10.8. The molecule has 0 saturated carbocycles. The second-order valence-electron chi connectivity index (χ2n) is 4.20. The molecule has 1 heterocycles. The molecule has 0 radical (unpaired) electrons. The van der Waals surface area contributed by atoms with Gasteiger partial charge in [0.1, 0.15) is 12.4 Å². The number of fused-ring (bicyclic) bond motifs is 1. The Morgan fingerprint density at radius 3 is 3.06 bits per heavy atom. The van der Waals surface area contributed by atoms with Gasteiger partial charge in [0.05, 0.1) is 6.04 Å². The highest BCUT2D eigenvalue weighted by Gasteiger charge is 2.22. The van der Waals surface area contributed by atoms with Crippen LogP contribution in [-0.2, 0) is 4.79 Å². The van der Waals surface area contributed by atoms with Crippen LogP contribution >= 0.6 is 0 Å². The van der Waals surface area contributed by atoms with E-state index in [1.54, 1.807) is 6.08 Å². The first-order chi connectivity index (χ1) is 8.72. The van der Waals surface area contributed by atoms with Gasteiger partial charge in [-0.15, -0.1) is 0 Å². The molecular weight excluding hydrogens is 230 g/mol. The molecule has 0 aromatic heterocycles. The molecule has 0 aliphatic carbocycles. The summed E-state index contributed by atoms with van der Waals surface area (Å²) in [6.45, 7) is 2.98. The normalized spacial score (nSPS) is 18.3. The van der Waals surface area contributed by atoms with E-state index in [9.17, 15) is 4.79 Å². The number of ether oxygens (including phenoxy) is 1. The molecule has 2 N–H and O–H groups in total. The Hall–Kier alpha value is -1.81. The Bertz CT molecular complexity index is 468. The van der Waals surface area contributed by atoms with E-state index in [1.165, 1.54) is 0 Å². The van der Waals surface area contributed by atoms with E-state index in [0.29, 0.717) is 25.1 Å². The van der Waals surface area contributed by atoms with Gasteiger partial charge in [0.2, 0.25) is 0 Å². The van der Waals surface area contributed by atoms with Gasteiger partial charge in [0, 0.05) is 17.7 Å². The Morgan fingerprint density at radius 1 is 1.56 bits per heavy atom. The summed E-state index contributed by atoms with van der Waals surface area (Å²) in [6.07, 6.45) is 2.26. The van der Waals surface area contributed by atoms with E-state index >= 15 is 0 Å². The topological polar surface area (TPSA) is 58.6 Å². The van der Waals surface area contributed by atoms with E-state index in [2.05, 4.69) is 5.32 Å². The number of carboxylic acids is 1. The maximum absolute atomic E-state index is 10.8. The van der Waals surface area contributed by atoms with E-state index in [4.69, 9.17) is 9.84 Å². The lowest BCUT2D eigenvalue weighted by atomic mass is 10.1. The smallest absolute Gasteiger partial charge is 0.331 e. The number of carboxylic acid groups (broad SMARTS) is 1. The molecule has 1 aliphatic rings. The molecule has 1 aromatic carbocycles. The van der Waals surface area contributed by atoms with Crippen molar-refractivity contribution in [1.29, 1.82) is 0 Å². The summed E-state index contributed by atoms with van der Waals surface area (Å²) in [6, 6.07) is 8.04. The number of nitrogens with one attached hydrogen (secondary N) is 1. The standard InChI is InChI=1S/C14H17NO3/c1-2-10(14(16)17)7-8-15-12-9-18-13-6-4-3-5-11(12)13/h3-7,12,15H,2,8-9H2,1H3,(H,16,17)/b10-7-. The molecule has 1 aromatic rings. The molecule has 1 atom stereocenters. The van der Waals surface area contributed by atoms with Gasteiger partial charge in [-0.05, 0) is 12.5 Å². The van der Waals surface area contributed by atoms with Crippen molar-refractivity contribution in [2.75, 3.05) is 13.2 Å². The van der Waals surface area contributed by atoms with Gasteiger partial charge in [0.25, 0.3) is 0 Å². The number of carbonyl (C=O) groups is 1. The fourth-order valence-electron chi connectivity index (χ4n) is 2.04. The molecule has 96 valence electrons. The average molecular weight is 247 g/mol. The van der Waals surface area contributed by atoms with Gasteiger partial charge >= 0.3 is 5.97 Å². The molecule has 1 aliphatic heterocycles. The van der Waals surface area contributed by atoms with Crippen molar-refractivity contribution in [3.8, 4) is 5.75 Å². The molecule has 4 nitrogen and oxygen atoms in total. The summed E-state index contributed by atoms with van der Waals surface area (Å²) in [7, 11) is 0. The van der Waals surface area contributed by atoms with Gasteiger partial charge in [-0.3, -0.25) is 0 Å². The zero-order valence-corrected chi connectivity index (χ0v) is 10.3. The van der Waals surface area contributed by atoms with Gasteiger partial charge in [-0.2, -0.15) is 0 Å². The van der Waals surface area contributed by atoms with E-state index in [1.807, 2.05) is 31.2 Å². The fourth-order valence-corrected chi connectivity index (χ4v) is 2.04.